The van der Waals surface area contributed by atoms with Crippen LogP contribution < -0.4 is 5.73 Å². The molecule has 0 aliphatic heterocycles. The lowest BCUT2D eigenvalue weighted by atomic mass is 10.1. The van der Waals surface area contributed by atoms with Gasteiger partial charge < -0.3 is 5.73 Å². The van der Waals surface area contributed by atoms with Crippen LogP contribution in [0, 0.1) is 0 Å². The van der Waals surface area contributed by atoms with E-state index in [-0.39, 0.29) is 6.04 Å². The second-order valence-electron chi connectivity index (χ2n) is 2.80. The lowest BCUT2D eigenvalue weighted by Gasteiger charge is -2.05. The fourth-order valence-corrected chi connectivity index (χ4v) is 1.51. The van der Waals surface area contributed by atoms with Crippen LogP contribution in [0.4, 0.5) is 0 Å². The Balaban J connectivity index is 2.85. The minimum absolute atomic E-state index is 0.111. The van der Waals surface area contributed by atoms with Crippen LogP contribution in [0.3, 0.4) is 0 Å². The third kappa shape index (κ3) is 2.97. The molecule has 0 unspecified atom stereocenters. The summed E-state index contributed by atoms with van der Waals surface area (Å²) in [5, 5.41) is 0.830. The molecule has 0 aliphatic rings. The first-order valence-corrected chi connectivity index (χ1v) is 4.41. The number of hydrogen-bond donors (Lipinski definition) is 1. The van der Waals surface area contributed by atoms with Gasteiger partial charge in [-0.1, -0.05) is 23.2 Å². The van der Waals surface area contributed by atoms with Gasteiger partial charge in [0.15, 0.2) is 0 Å². The number of pyridine rings is 1. The molecule has 0 aliphatic carbocycles. The first kappa shape index (κ1) is 9.78. The van der Waals surface area contributed by atoms with E-state index in [1.165, 1.54) is 0 Å². The molecule has 1 atom stereocenters. The number of hydrogen-bond acceptors (Lipinski definition) is 2. The standard InChI is InChI=1S/C8H10Cl2N2/c1-5(11)2-6-3-7(9)12-8(10)4-6/h3-5H,2,11H2,1H3/t5-/m0/s1. The van der Waals surface area contributed by atoms with Crippen LogP contribution in [-0.4, -0.2) is 11.0 Å². The Morgan fingerprint density at radius 1 is 1.42 bits per heavy atom. The summed E-state index contributed by atoms with van der Waals surface area (Å²) in [4.78, 5) is 3.83. The average molecular weight is 205 g/mol. The van der Waals surface area contributed by atoms with E-state index >= 15 is 0 Å². The van der Waals surface area contributed by atoms with Crippen LogP contribution in [0.2, 0.25) is 10.3 Å². The Morgan fingerprint density at radius 3 is 2.33 bits per heavy atom. The van der Waals surface area contributed by atoms with Gasteiger partial charge in [-0.3, -0.25) is 0 Å². The van der Waals surface area contributed by atoms with Gasteiger partial charge in [-0.15, -0.1) is 0 Å². The van der Waals surface area contributed by atoms with Gasteiger partial charge in [0.1, 0.15) is 10.3 Å². The van der Waals surface area contributed by atoms with E-state index in [4.69, 9.17) is 28.9 Å². The number of rotatable bonds is 2. The second kappa shape index (κ2) is 4.08. The summed E-state index contributed by atoms with van der Waals surface area (Å²) >= 11 is 11.4. The molecule has 0 aromatic carbocycles. The zero-order valence-electron chi connectivity index (χ0n) is 6.72. The molecule has 0 saturated heterocycles. The molecule has 1 heterocycles. The van der Waals surface area contributed by atoms with Crippen molar-refractivity contribution in [1.29, 1.82) is 0 Å². The van der Waals surface area contributed by atoms with Crippen LogP contribution in [-0.2, 0) is 6.42 Å². The van der Waals surface area contributed by atoms with Crippen LogP contribution in [0.15, 0.2) is 12.1 Å². The van der Waals surface area contributed by atoms with Crippen molar-refractivity contribution in [3.05, 3.63) is 28.0 Å². The minimum Gasteiger partial charge on any atom is -0.328 e. The third-order valence-corrected chi connectivity index (χ3v) is 1.77. The molecule has 0 amide bonds. The van der Waals surface area contributed by atoms with E-state index in [0.29, 0.717) is 10.3 Å². The number of halogens is 2. The second-order valence-corrected chi connectivity index (χ2v) is 3.58. The fourth-order valence-electron chi connectivity index (χ4n) is 1.00. The van der Waals surface area contributed by atoms with Crippen molar-refractivity contribution in [1.82, 2.24) is 4.98 Å². The highest BCUT2D eigenvalue weighted by Gasteiger charge is 2.01. The maximum atomic E-state index is 5.70. The summed E-state index contributed by atoms with van der Waals surface area (Å²) in [6, 6.07) is 3.66. The summed E-state index contributed by atoms with van der Waals surface area (Å²) in [6.07, 6.45) is 0.766. The third-order valence-electron chi connectivity index (χ3n) is 1.38. The monoisotopic (exact) mass is 204 g/mol. The van der Waals surface area contributed by atoms with Crippen molar-refractivity contribution in [2.75, 3.05) is 0 Å². The van der Waals surface area contributed by atoms with Crippen LogP contribution in [0.1, 0.15) is 12.5 Å². The van der Waals surface area contributed by atoms with Crippen LogP contribution in [0.5, 0.6) is 0 Å². The predicted octanol–water partition coefficient (Wildman–Crippen LogP) is 2.28. The largest absolute Gasteiger partial charge is 0.328 e. The van der Waals surface area contributed by atoms with Crippen LogP contribution in [0.25, 0.3) is 0 Å². The molecule has 1 aromatic rings. The Kier molecular flexibility index (Phi) is 3.32. The van der Waals surface area contributed by atoms with Gasteiger partial charge in [0.2, 0.25) is 0 Å². The smallest absolute Gasteiger partial charge is 0.131 e. The van der Waals surface area contributed by atoms with Gasteiger partial charge >= 0.3 is 0 Å². The van der Waals surface area contributed by atoms with Gasteiger partial charge in [0, 0.05) is 6.04 Å². The normalized spacial score (nSPS) is 13.0. The molecule has 0 saturated carbocycles. The van der Waals surface area contributed by atoms with Gasteiger partial charge in [0.25, 0.3) is 0 Å². The molecule has 2 nitrogen and oxygen atoms in total. The fraction of sp³-hybridized carbons (Fsp3) is 0.375. The van der Waals surface area contributed by atoms with E-state index in [0.717, 1.165) is 12.0 Å². The summed E-state index contributed by atoms with van der Waals surface area (Å²) in [7, 11) is 0. The van der Waals surface area contributed by atoms with E-state index < -0.39 is 0 Å². The predicted molar refractivity (Wildman–Crippen MR) is 51.6 cm³/mol. The number of nitrogens with zero attached hydrogens (tertiary/aromatic N) is 1. The Labute approximate surface area is 81.7 Å². The Morgan fingerprint density at radius 2 is 1.92 bits per heavy atom. The quantitative estimate of drug-likeness (QED) is 0.752. The maximum absolute atomic E-state index is 5.70. The van der Waals surface area contributed by atoms with E-state index in [1.54, 1.807) is 12.1 Å². The zero-order chi connectivity index (χ0) is 9.14. The van der Waals surface area contributed by atoms with E-state index in [1.807, 2.05) is 6.92 Å². The van der Waals surface area contributed by atoms with E-state index in [9.17, 15) is 0 Å². The van der Waals surface area contributed by atoms with Gasteiger partial charge in [-0.25, -0.2) is 4.98 Å². The Hall–Kier alpha value is -0.310. The molecule has 2 N–H and O–H groups in total. The first-order chi connectivity index (χ1) is 5.58. The van der Waals surface area contributed by atoms with Gasteiger partial charge in [-0.2, -0.15) is 0 Å². The molecule has 0 radical (unpaired) electrons. The molecular formula is C8H10Cl2N2. The zero-order valence-corrected chi connectivity index (χ0v) is 8.23. The van der Waals surface area contributed by atoms with Crippen molar-refractivity contribution in [2.45, 2.75) is 19.4 Å². The maximum Gasteiger partial charge on any atom is 0.131 e. The first-order valence-electron chi connectivity index (χ1n) is 3.65. The minimum atomic E-state index is 0.111. The molecule has 0 spiro atoms. The molecule has 1 rings (SSSR count). The summed E-state index contributed by atoms with van der Waals surface area (Å²) in [5.74, 6) is 0. The van der Waals surface area contributed by atoms with Crippen molar-refractivity contribution < 1.29 is 0 Å². The molecule has 12 heavy (non-hydrogen) atoms. The highest BCUT2D eigenvalue weighted by atomic mass is 35.5. The lowest BCUT2D eigenvalue weighted by Crippen LogP contribution is -2.17. The average Bonchev–Trinajstić information content (AvgIpc) is 1.81. The summed E-state index contributed by atoms with van der Waals surface area (Å²) in [5.41, 5.74) is 6.64. The van der Waals surface area contributed by atoms with Crippen molar-refractivity contribution in [3.63, 3.8) is 0 Å². The topological polar surface area (TPSA) is 38.9 Å². The Bertz CT molecular complexity index is 254. The summed E-state index contributed by atoms with van der Waals surface area (Å²) in [6.45, 7) is 1.93. The highest BCUT2D eigenvalue weighted by Crippen LogP contribution is 2.15. The number of aromatic nitrogens is 1. The van der Waals surface area contributed by atoms with Crippen molar-refractivity contribution >= 4 is 23.2 Å². The van der Waals surface area contributed by atoms with Crippen LogP contribution >= 0.6 is 23.2 Å². The van der Waals surface area contributed by atoms with E-state index in [2.05, 4.69) is 4.98 Å². The summed E-state index contributed by atoms with van der Waals surface area (Å²) < 4.78 is 0. The van der Waals surface area contributed by atoms with Crippen molar-refractivity contribution in [3.8, 4) is 0 Å². The van der Waals surface area contributed by atoms with Gasteiger partial charge in [-0.05, 0) is 31.0 Å². The number of nitrogens with two attached hydrogens (primary N) is 1. The SMILES string of the molecule is C[C@H](N)Cc1cc(Cl)nc(Cl)c1. The molecular weight excluding hydrogens is 195 g/mol. The lowest BCUT2D eigenvalue weighted by molar-refractivity contribution is 0.737. The van der Waals surface area contributed by atoms with Crippen molar-refractivity contribution in [2.24, 2.45) is 5.73 Å². The molecule has 0 fully saturated rings. The molecule has 1 aromatic heterocycles. The molecule has 0 bridgehead atoms. The molecule has 66 valence electrons. The highest BCUT2D eigenvalue weighted by molar-refractivity contribution is 6.32. The van der Waals surface area contributed by atoms with Gasteiger partial charge in [0.05, 0.1) is 0 Å². The molecule has 4 heteroatoms.